The summed E-state index contributed by atoms with van der Waals surface area (Å²) < 4.78 is 11.2. The van der Waals surface area contributed by atoms with Crippen molar-refractivity contribution in [1.82, 2.24) is 15.5 Å². The maximum Gasteiger partial charge on any atom is 0.320 e. The minimum atomic E-state index is -0.649. The van der Waals surface area contributed by atoms with Gasteiger partial charge in [0.1, 0.15) is 11.8 Å². The van der Waals surface area contributed by atoms with Crippen LogP contribution in [0.5, 0.6) is 5.75 Å². The number of nitrogens with zero attached hydrogens (tertiary/aromatic N) is 2. The van der Waals surface area contributed by atoms with E-state index in [4.69, 9.17) is 20.8 Å². The maximum absolute atomic E-state index is 12.8. The van der Waals surface area contributed by atoms with Crippen LogP contribution in [0.3, 0.4) is 0 Å². The summed E-state index contributed by atoms with van der Waals surface area (Å²) >= 11 is 5.95. The largest absolute Gasteiger partial charge is 0.495 e. The average molecular weight is 435 g/mol. The van der Waals surface area contributed by atoms with Crippen LogP contribution in [0.15, 0.2) is 83.3 Å². The average Bonchev–Trinajstić information content (AvgIpc) is 3.29. The van der Waals surface area contributed by atoms with E-state index >= 15 is 0 Å². The first-order valence-electron chi connectivity index (χ1n) is 9.49. The number of halogens is 1. The highest BCUT2D eigenvalue weighted by molar-refractivity contribution is 6.30. The number of amides is 2. The molecule has 7 nitrogen and oxygen atoms in total. The SMILES string of the molecule is COc1ccccc1NC(=O)N[C@@H](c1ccccc1)c1nnc(-c2ccc(Cl)cc2)o1. The summed E-state index contributed by atoms with van der Waals surface area (Å²) in [5.41, 5.74) is 2.07. The Balaban J connectivity index is 1.60. The number of methoxy groups -OCH3 is 1. The number of benzene rings is 3. The molecule has 0 unspecified atom stereocenters. The van der Waals surface area contributed by atoms with Gasteiger partial charge in [0.2, 0.25) is 11.8 Å². The molecule has 0 aliphatic heterocycles. The number of carbonyl (C=O) groups is 1. The number of rotatable bonds is 6. The summed E-state index contributed by atoms with van der Waals surface area (Å²) in [6, 6.07) is 22.5. The lowest BCUT2D eigenvalue weighted by Gasteiger charge is -2.17. The number of hydrogen-bond acceptors (Lipinski definition) is 5. The lowest BCUT2D eigenvalue weighted by Crippen LogP contribution is -2.33. The zero-order valence-electron chi connectivity index (χ0n) is 16.6. The monoisotopic (exact) mass is 434 g/mol. The highest BCUT2D eigenvalue weighted by atomic mass is 35.5. The molecular formula is C23H19ClN4O3. The Bertz CT molecular complexity index is 1160. The van der Waals surface area contributed by atoms with Crippen molar-refractivity contribution in [3.63, 3.8) is 0 Å². The molecule has 0 aliphatic carbocycles. The first kappa shape index (κ1) is 20.4. The summed E-state index contributed by atoms with van der Waals surface area (Å²) in [6.07, 6.45) is 0. The van der Waals surface area contributed by atoms with Crippen LogP contribution >= 0.6 is 11.6 Å². The summed E-state index contributed by atoms with van der Waals surface area (Å²) in [4.78, 5) is 12.8. The second kappa shape index (κ2) is 9.32. The van der Waals surface area contributed by atoms with Gasteiger partial charge in [0, 0.05) is 10.6 Å². The summed E-state index contributed by atoms with van der Waals surface area (Å²) in [5, 5.41) is 14.6. The molecule has 0 saturated carbocycles. The zero-order valence-corrected chi connectivity index (χ0v) is 17.3. The lowest BCUT2D eigenvalue weighted by atomic mass is 10.1. The number of para-hydroxylation sites is 2. The highest BCUT2D eigenvalue weighted by Crippen LogP contribution is 2.27. The molecule has 2 amide bonds. The molecule has 1 atom stereocenters. The van der Waals surface area contributed by atoms with Crippen molar-refractivity contribution in [1.29, 1.82) is 0 Å². The van der Waals surface area contributed by atoms with Gasteiger partial charge in [-0.05, 0) is 42.0 Å². The van der Waals surface area contributed by atoms with Crippen LogP contribution in [0.4, 0.5) is 10.5 Å². The van der Waals surface area contributed by atoms with Gasteiger partial charge in [0.15, 0.2) is 0 Å². The smallest absolute Gasteiger partial charge is 0.320 e. The molecule has 0 radical (unpaired) electrons. The third kappa shape index (κ3) is 4.84. The Hall–Kier alpha value is -3.84. The van der Waals surface area contributed by atoms with Crippen LogP contribution in [0.2, 0.25) is 5.02 Å². The number of aromatic nitrogens is 2. The van der Waals surface area contributed by atoms with Crippen LogP contribution in [0.1, 0.15) is 17.5 Å². The molecule has 0 saturated heterocycles. The number of urea groups is 1. The third-order valence-corrected chi connectivity index (χ3v) is 4.79. The fourth-order valence-electron chi connectivity index (χ4n) is 3.03. The molecule has 0 aliphatic rings. The normalized spacial score (nSPS) is 11.5. The van der Waals surface area contributed by atoms with E-state index in [0.717, 1.165) is 11.1 Å². The van der Waals surface area contributed by atoms with Crippen LogP contribution in [0.25, 0.3) is 11.5 Å². The van der Waals surface area contributed by atoms with Gasteiger partial charge >= 0.3 is 6.03 Å². The third-order valence-electron chi connectivity index (χ3n) is 4.54. The Kier molecular flexibility index (Phi) is 6.14. The van der Waals surface area contributed by atoms with Crippen LogP contribution in [0, 0.1) is 0 Å². The predicted octanol–water partition coefficient (Wildman–Crippen LogP) is 5.31. The Morgan fingerprint density at radius 2 is 1.68 bits per heavy atom. The molecule has 31 heavy (non-hydrogen) atoms. The van der Waals surface area contributed by atoms with Crippen LogP contribution < -0.4 is 15.4 Å². The Labute approximate surface area is 184 Å². The lowest BCUT2D eigenvalue weighted by molar-refractivity contribution is 0.248. The fraction of sp³-hybridized carbons (Fsp3) is 0.0870. The molecule has 1 aromatic heterocycles. The van der Waals surface area contributed by atoms with E-state index in [1.165, 1.54) is 0 Å². The van der Waals surface area contributed by atoms with Gasteiger partial charge in [0.05, 0.1) is 12.8 Å². The van der Waals surface area contributed by atoms with E-state index in [0.29, 0.717) is 22.4 Å². The van der Waals surface area contributed by atoms with E-state index < -0.39 is 12.1 Å². The predicted molar refractivity (Wildman–Crippen MR) is 118 cm³/mol. The van der Waals surface area contributed by atoms with Crippen molar-refractivity contribution in [2.45, 2.75) is 6.04 Å². The van der Waals surface area contributed by atoms with E-state index in [-0.39, 0.29) is 5.89 Å². The Morgan fingerprint density at radius 1 is 0.968 bits per heavy atom. The van der Waals surface area contributed by atoms with Gasteiger partial charge in [0.25, 0.3) is 0 Å². The van der Waals surface area contributed by atoms with Gasteiger partial charge < -0.3 is 19.8 Å². The molecule has 8 heteroatoms. The summed E-state index contributed by atoms with van der Waals surface area (Å²) in [7, 11) is 1.54. The number of nitrogens with one attached hydrogen (secondary N) is 2. The number of hydrogen-bond donors (Lipinski definition) is 2. The molecule has 2 N–H and O–H groups in total. The van der Waals surface area contributed by atoms with E-state index in [2.05, 4.69) is 20.8 Å². The van der Waals surface area contributed by atoms with Gasteiger partial charge in [-0.15, -0.1) is 10.2 Å². The van der Waals surface area contributed by atoms with Gasteiger partial charge in [-0.1, -0.05) is 54.1 Å². The minimum Gasteiger partial charge on any atom is -0.495 e. The molecule has 0 fully saturated rings. The number of anilines is 1. The molecule has 1 heterocycles. The zero-order chi connectivity index (χ0) is 21.6. The summed E-state index contributed by atoms with van der Waals surface area (Å²) in [5.74, 6) is 1.14. The quantitative estimate of drug-likeness (QED) is 0.429. The van der Waals surface area contributed by atoms with Gasteiger partial charge in [-0.3, -0.25) is 0 Å². The van der Waals surface area contributed by atoms with E-state index in [1.54, 1.807) is 43.5 Å². The fourth-order valence-corrected chi connectivity index (χ4v) is 3.16. The second-order valence-corrected chi connectivity index (χ2v) is 7.03. The van der Waals surface area contributed by atoms with Crippen LogP contribution in [-0.2, 0) is 0 Å². The molecule has 3 aromatic carbocycles. The summed E-state index contributed by atoms with van der Waals surface area (Å²) in [6.45, 7) is 0. The molecule has 4 rings (SSSR count). The minimum absolute atomic E-state index is 0.256. The standard InChI is InChI=1S/C23H19ClN4O3/c1-30-19-10-6-5-9-18(19)25-23(29)26-20(15-7-3-2-4-8-15)22-28-27-21(31-22)16-11-13-17(24)14-12-16/h2-14,20H,1H3,(H2,25,26,29)/t20-/m0/s1. The molecule has 156 valence electrons. The van der Waals surface area contributed by atoms with Crippen molar-refractivity contribution in [2.24, 2.45) is 0 Å². The van der Waals surface area contributed by atoms with E-state index in [9.17, 15) is 4.79 Å². The number of carbonyl (C=O) groups excluding carboxylic acids is 1. The molecule has 0 bridgehead atoms. The molecule has 0 spiro atoms. The maximum atomic E-state index is 12.8. The first-order valence-corrected chi connectivity index (χ1v) is 9.86. The molecular weight excluding hydrogens is 416 g/mol. The van der Waals surface area contributed by atoms with Crippen molar-refractivity contribution in [2.75, 3.05) is 12.4 Å². The molecule has 4 aromatic rings. The topological polar surface area (TPSA) is 89.3 Å². The first-order chi connectivity index (χ1) is 15.1. The van der Waals surface area contributed by atoms with Gasteiger partial charge in [-0.2, -0.15) is 0 Å². The van der Waals surface area contributed by atoms with Crippen LogP contribution in [-0.4, -0.2) is 23.3 Å². The van der Waals surface area contributed by atoms with Crippen molar-refractivity contribution in [3.05, 3.63) is 95.3 Å². The van der Waals surface area contributed by atoms with E-state index in [1.807, 2.05) is 42.5 Å². The highest BCUT2D eigenvalue weighted by Gasteiger charge is 2.24. The Morgan fingerprint density at radius 3 is 2.42 bits per heavy atom. The van der Waals surface area contributed by atoms with Crippen molar-refractivity contribution < 1.29 is 13.9 Å². The number of ether oxygens (including phenoxy) is 1. The van der Waals surface area contributed by atoms with Gasteiger partial charge in [-0.25, -0.2) is 4.79 Å². The second-order valence-electron chi connectivity index (χ2n) is 6.59. The van der Waals surface area contributed by atoms with Crippen molar-refractivity contribution >= 4 is 23.3 Å². The van der Waals surface area contributed by atoms with Crippen molar-refractivity contribution in [3.8, 4) is 17.2 Å².